The van der Waals surface area contributed by atoms with E-state index in [4.69, 9.17) is 26.3 Å². The van der Waals surface area contributed by atoms with E-state index in [1.165, 1.54) is 7.11 Å². The number of nitrogens with zero attached hydrogens (tertiary/aromatic N) is 4. The van der Waals surface area contributed by atoms with Gasteiger partial charge in [0.2, 0.25) is 11.8 Å². The summed E-state index contributed by atoms with van der Waals surface area (Å²) in [7, 11) is 1.30. The molecule has 55 heavy (non-hydrogen) atoms. The molecule has 4 heterocycles. The maximum atomic E-state index is 13.6. The SMILES string of the molecule is COC(=O)N[C@H](C(=O)N1CCC[C@H]1C1=NC=C(c2ccc(-c3ccc(-c4cnc([C@H]5CCCC[C@@H]5C(=O)NCc5ccc(Cl)nc5)[nH]4)cc3)cc2)C1)C(C)C. The predicted octanol–water partition coefficient (Wildman–Crippen LogP) is 7.94. The van der Waals surface area contributed by atoms with Crippen molar-refractivity contribution in [2.24, 2.45) is 16.8 Å². The van der Waals surface area contributed by atoms with Gasteiger partial charge in [0.25, 0.3) is 0 Å². The number of alkyl carbamates (subject to hydrolysis) is 1. The number of H-pyrrole nitrogens is 1. The monoisotopic (exact) mass is 761 g/mol. The molecule has 0 spiro atoms. The van der Waals surface area contributed by atoms with Crippen LogP contribution in [0.15, 0.2) is 84.2 Å². The van der Waals surface area contributed by atoms with Crippen LogP contribution in [0, 0.1) is 11.8 Å². The van der Waals surface area contributed by atoms with Gasteiger partial charge in [-0.2, -0.15) is 0 Å². The van der Waals surface area contributed by atoms with Crippen molar-refractivity contribution in [3.63, 3.8) is 0 Å². The van der Waals surface area contributed by atoms with Crippen LogP contribution in [0.4, 0.5) is 4.79 Å². The summed E-state index contributed by atoms with van der Waals surface area (Å²) in [6, 6.07) is 19.8. The van der Waals surface area contributed by atoms with E-state index >= 15 is 0 Å². The van der Waals surface area contributed by atoms with Crippen LogP contribution in [0.1, 0.15) is 81.7 Å². The average molecular weight is 762 g/mol. The number of imidazole rings is 1. The highest BCUT2D eigenvalue weighted by Gasteiger charge is 2.38. The molecule has 4 atom stereocenters. The van der Waals surface area contributed by atoms with Gasteiger partial charge in [-0.15, -0.1) is 0 Å². The number of hydrogen-bond acceptors (Lipinski definition) is 7. The molecule has 2 aromatic heterocycles. The molecule has 4 aromatic rings. The number of amides is 3. The Hall–Kier alpha value is -5.29. The molecule has 286 valence electrons. The number of halogens is 1. The standard InChI is InChI=1S/C43H48ClN7O4/c1-26(2)39(50-43(54)55-3)42(53)51-20-6-9-37(51)35-21-32(24-45-35)30-13-11-28(12-14-30)29-15-17-31(18-16-29)36-25-47-40(49-36)33-7-4-5-8-34(33)41(52)48-23-27-10-19-38(44)46-22-27/h10-19,22,24-26,33-34,37,39H,4-9,20-21,23H2,1-3H3,(H,47,49)(H,48,52)(H,50,54)/t33-,34-,37-,39-/m0/s1. The lowest BCUT2D eigenvalue weighted by atomic mass is 9.78. The van der Waals surface area contributed by atoms with E-state index in [0.29, 0.717) is 24.7 Å². The zero-order valence-electron chi connectivity index (χ0n) is 31.6. The van der Waals surface area contributed by atoms with Crippen molar-refractivity contribution in [3.05, 3.63) is 101 Å². The van der Waals surface area contributed by atoms with Crippen molar-refractivity contribution in [1.82, 2.24) is 30.5 Å². The van der Waals surface area contributed by atoms with Crippen LogP contribution >= 0.6 is 11.6 Å². The summed E-state index contributed by atoms with van der Waals surface area (Å²) < 4.78 is 4.77. The van der Waals surface area contributed by atoms with Crippen LogP contribution in [0.5, 0.6) is 0 Å². The van der Waals surface area contributed by atoms with Gasteiger partial charge in [-0.05, 0) is 71.1 Å². The normalized spacial score (nSPS) is 20.2. The third kappa shape index (κ3) is 8.67. The third-order valence-corrected chi connectivity index (χ3v) is 11.4. The fourth-order valence-electron chi connectivity index (χ4n) is 8.08. The zero-order chi connectivity index (χ0) is 38.5. The number of likely N-dealkylation sites (tertiary alicyclic amines) is 1. The van der Waals surface area contributed by atoms with E-state index < -0.39 is 12.1 Å². The molecule has 1 saturated heterocycles. The highest BCUT2D eigenvalue weighted by Crippen LogP contribution is 2.38. The molecule has 7 rings (SSSR count). The number of rotatable bonds is 11. The van der Waals surface area contributed by atoms with Crippen molar-refractivity contribution in [3.8, 4) is 22.4 Å². The molecule has 2 aliphatic heterocycles. The quantitative estimate of drug-likeness (QED) is 0.133. The fourth-order valence-corrected chi connectivity index (χ4v) is 8.19. The molecular weight excluding hydrogens is 714 g/mol. The number of benzene rings is 2. The lowest BCUT2D eigenvalue weighted by Crippen LogP contribution is -2.53. The van der Waals surface area contributed by atoms with Crippen molar-refractivity contribution >= 4 is 40.8 Å². The van der Waals surface area contributed by atoms with E-state index in [0.717, 1.165) is 89.1 Å². The van der Waals surface area contributed by atoms with E-state index in [1.807, 2.05) is 37.2 Å². The number of aliphatic imine (C=N–C) groups is 1. The van der Waals surface area contributed by atoms with Crippen LogP contribution in [0.3, 0.4) is 0 Å². The van der Waals surface area contributed by atoms with E-state index in [2.05, 4.69) is 69.1 Å². The first-order valence-corrected chi connectivity index (χ1v) is 19.6. The number of allylic oxidation sites excluding steroid dienone is 1. The first-order valence-electron chi connectivity index (χ1n) is 19.2. The molecular formula is C43H48ClN7O4. The number of aromatic nitrogens is 3. The van der Waals surface area contributed by atoms with Gasteiger partial charge >= 0.3 is 6.09 Å². The van der Waals surface area contributed by atoms with Crippen molar-refractivity contribution in [2.45, 2.75) is 83.3 Å². The second kappa shape index (κ2) is 17.0. The molecule has 0 radical (unpaired) electrons. The summed E-state index contributed by atoms with van der Waals surface area (Å²) in [5, 5.41) is 6.25. The highest BCUT2D eigenvalue weighted by atomic mass is 35.5. The minimum absolute atomic E-state index is 0.0345. The Labute approximate surface area is 327 Å². The number of nitrogens with one attached hydrogen (secondary N) is 3. The van der Waals surface area contributed by atoms with Crippen molar-refractivity contribution < 1.29 is 19.1 Å². The number of carbonyl (C=O) groups is 3. The Morgan fingerprint density at radius 2 is 1.60 bits per heavy atom. The third-order valence-electron chi connectivity index (χ3n) is 11.2. The maximum Gasteiger partial charge on any atom is 0.407 e. The number of carbonyl (C=O) groups excluding carboxylic acids is 3. The van der Waals surface area contributed by atoms with E-state index in [9.17, 15) is 14.4 Å². The van der Waals surface area contributed by atoms with Gasteiger partial charge in [-0.25, -0.2) is 14.8 Å². The Morgan fingerprint density at radius 1 is 0.891 bits per heavy atom. The van der Waals surface area contributed by atoms with Gasteiger partial charge in [0.15, 0.2) is 0 Å². The van der Waals surface area contributed by atoms with Gasteiger partial charge in [0, 0.05) is 49.5 Å². The Balaban J connectivity index is 0.955. The summed E-state index contributed by atoms with van der Waals surface area (Å²) in [6.07, 6.45) is 11.2. The van der Waals surface area contributed by atoms with Gasteiger partial charge in [0.05, 0.1) is 25.0 Å². The molecule has 2 fully saturated rings. The molecule has 1 aliphatic carbocycles. The largest absolute Gasteiger partial charge is 0.453 e. The highest BCUT2D eigenvalue weighted by molar-refractivity contribution is 6.29. The predicted molar refractivity (Wildman–Crippen MR) is 214 cm³/mol. The number of hydrogen-bond donors (Lipinski definition) is 3. The lowest BCUT2D eigenvalue weighted by molar-refractivity contribution is -0.134. The minimum Gasteiger partial charge on any atom is -0.453 e. The first kappa shape index (κ1) is 38.0. The van der Waals surface area contributed by atoms with Crippen LogP contribution in [-0.2, 0) is 20.9 Å². The number of ether oxygens (including phenoxy) is 1. The Bertz CT molecular complexity index is 2060. The lowest BCUT2D eigenvalue weighted by Gasteiger charge is -2.31. The van der Waals surface area contributed by atoms with Crippen molar-refractivity contribution in [2.75, 3.05) is 13.7 Å². The molecule has 3 N–H and O–H groups in total. The summed E-state index contributed by atoms with van der Waals surface area (Å²) >= 11 is 5.91. The molecule has 2 aromatic carbocycles. The molecule has 12 heteroatoms. The van der Waals surface area contributed by atoms with Crippen LogP contribution in [0.2, 0.25) is 5.15 Å². The summed E-state index contributed by atoms with van der Waals surface area (Å²) in [5.74, 6) is 0.628. The number of aromatic amines is 1. The Kier molecular flexibility index (Phi) is 11.8. The summed E-state index contributed by atoms with van der Waals surface area (Å²) in [5.41, 5.74) is 8.29. The first-order chi connectivity index (χ1) is 26.7. The number of pyridine rings is 1. The van der Waals surface area contributed by atoms with Gasteiger partial charge in [-0.3, -0.25) is 14.6 Å². The van der Waals surface area contributed by atoms with Crippen LogP contribution in [-0.4, -0.2) is 69.2 Å². The molecule has 0 bridgehead atoms. The summed E-state index contributed by atoms with van der Waals surface area (Å²) in [6.45, 7) is 4.90. The molecule has 0 unspecified atom stereocenters. The Morgan fingerprint density at radius 3 is 2.29 bits per heavy atom. The smallest absolute Gasteiger partial charge is 0.407 e. The topological polar surface area (TPSA) is 142 Å². The van der Waals surface area contributed by atoms with E-state index in [-0.39, 0.29) is 35.6 Å². The van der Waals surface area contributed by atoms with Gasteiger partial charge < -0.3 is 25.3 Å². The van der Waals surface area contributed by atoms with Crippen LogP contribution < -0.4 is 10.6 Å². The molecule has 11 nitrogen and oxygen atoms in total. The minimum atomic E-state index is -0.652. The second-order valence-corrected chi connectivity index (χ2v) is 15.4. The van der Waals surface area contributed by atoms with Gasteiger partial charge in [-0.1, -0.05) is 92.9 Å². The van der Waals surface area contributed by atoms with Crippen LogP contribution in [0.25, 0.3) is 28.0 Å². The van der Waals surface area contributed by atoms with Crippen molar-refractivity contribution in [1.29, 1.82) is 0 Å². The molecule has 3 amide bonds. The number of methoxy groups -OCH3 is 1. The average Bonchev–Trinajstić information content (AvgIpc) is 4.01. The maximum absolute atomic E-state index is 13.6. The molecule has 1 saturated carbocycles. The zero-order valence-corrected chi connectivity index (χ0v) is 32.3. The molecule has 3 aliphatic rings. The summed E-state index contributed by atoms with van der Waals surface area (Å²) in [4.78, 5) is 57.9. The van der Waals surface area contributed by atoms with E-state index in [1.54, 1.807) is 12.3 Å². The second-order valence-electron chi connectivity index (χ2n) is 15.0. The fraction of sp³-hybridized carbons (Fsp3) is 0.395. The van der Waals surface area contributed by atoms with Gasteiger partial charge in [0.1, 0.15) is 17.0 Å².